The molecule has 1 aromatic carbocycles. The van der Waals surface area contributed by atoms with E-state index in [-0.39, 0.29) is 4.90 Å². The van der Waals surface area contributed by atoms with E-state index in [1.54, 1.807) is 38.2 Å². The molecule has 0 spiro atoms. The van der Waals surface area contributed by atoms with E-state index in [4.69, 9.17) is 0 Å². The fourth-order valence-corrected chi connectivity index (χ4v) is 3.28. The van der Waals surface area contributed by atoms with Gasteiger partial charge in [0.2, 0.25) is 0 Å². The number of sulfonamides is 1. The molecule has 2 aromatic rings. The average molecular weight is 344 g/mol. The maximum absolute atomic E-state index is 12.3. The Morgan fingerprint density at radius 2 is 1.95 bits per heavy atom. The predicted octanol–water partition coefficient (Wildman–Crippen LogP) is 2.60. The molecule has 0 aliphatic carbocycles. The number of rotatable bonds is 3. The van der Waals surface area contributed by atoms with E-state index >= 15 is 0 Å². The number of aromatic nitrogens is 2. The number of anilines is 1. The van der Waals surface area contributed by atoms with Crippen LogP contribution < -0.4 is 4.72 Å². The highest BCUT2D eigenvalue weighted by atomic mass is 79.9. The van der Waals surface area contributed by atoms with Gasteiger partial charge in [0.15, 0.2) is 0 Å². The number of halogens is 1. The molecule has 2 rings (SSSR count). The van der Waals surface area contributed by atoms with Crippen LogP contribution in [0, 0.1) is 13.8 Å². The average Bonchev–Trinajstić information content (AvgIpc) is 2.60. The van der Waals surface area contributed by atoms with Crippen molar-refractivity contribution in [3.8, 4) is 0 Å². The molecule has 0 atom stereocenters. The quantitative estimate of drug-likeness (QED) is 0.931. The summed E-state index contributed by atoms with van der Waals surface area (Å²) in [5.74, 6) is 0.439. The zero-order valence-electron chi connectivity index (χ0n) is 10.8. The molecular weight excluding hydrogens is 330 g/mol. The first-order valence-electron chi connectivity index (χ1n) is 5.59. The van der Waals surface area contributed by atoms with Crippen molar-refractivity contribution < 1.29 is 8.42 Å². The van der Waals surface area contributed by atoms with Gasteiger partial charge < -0.3 is 0 Å². The first-order chi connectivity index (χ1) is 8.79. The minimum Gasteiger partial charge on any atom is -0.264 e. The molecule has 0 saturated heterocycles. The maximum Gasteiger partial charge on any atom is 0.263 e. The van der Waals surface area contributed by atoms with Gasteiger partial charge in [0.1, 0.15) is 5.82 Å². The molecule has 0 amide bonds. The number of hydrogen-bond donors (Lipinski definition) is 1. The Hall–Kier alpha value is -1.34. The Balaban J connectivity index is 2.37. The second kappa shape index (κ2) is 4.97. The lowest BCUT2D eigenvalue weighted by Crippen LogP contribution is -2.15. The van der Waals surface area contributed by atoms with Gasteiger partial charge in [-0.3, -0.25) is 9.40 Å². The molecule has 7 heteroatoms. The Labute approximate surface area is 120 Å². The highest BCUT2D eigenvalue weighted by Gasteiger charge is 2.17. The minimum atomic E-state index is -3.60. The van der Waals surface area contributed by atoms with E-state index < -0.39 is 10.0 Å². The van der Waals surface area contributed by atoms with E-state index in [1.807, 2.05) is 6.92 Å². The largest absolute Gasteiger partial charge is 0.264 e. The lowest BCUT2D eigenvalue weighted by atomic mass is 10.2. The lowest BCUT2D eigenvalue weighted by molar-refractivity contribution is 0.600. The van der Waals surface area contributed by atoms with E-state index in [0.717, 1.165) is 15.7 Å². The Kier molecular flexibility index (Phi) is 3.69. The third kappa shape index (κ3) is 2.98. The van der Waals surface area contributed by atoms with Crippen LogP contribution in [0.1, 0.15) is 11.3 Å². The summed E-state index contributed by atoms with van der Waals surface area (Å²) in [6.07, 6.45) is 0. The molecule has 0 aliphatic rings. The summed E-state index contributed by atoms with van der Waals surface area (Å²) in [4.78, 5) is 0.212. The minimum absolute atomic E-state index is 0.212. The maximum atomic E-state index is 12.3. The molecule has 0 fully saturated rings. The second-order valence-corrected chi connectivity index (χ2v) is 6.85. The SMILES string of the molecule is Cc1cc(NS(=O)(=O)c2ccc(C)c(Br)c2)n(C)n1. The van der Waals surface area contributed by atoms with Crippen LogP contribution in [0.2, 0.25) is 0 Å². The zero-order valence-corrected chi connectivity index (χ0v) is 13.2. The van der Waals surface area contributed by atoms with Gasteiger partial charge in [0.25, 0.3) is 10.0 Å². The summed E-state index contributed by atoms with van der Waals surface area (Å²) in [7, 11) is -1.91. The van der Waals surface area contributed by atoms with Crippen molar-refractivity contribution in [1.29, 1.82) is 0 Å². The van der Waals surface area contributed by atoms with Crippen LogP contribution in [0.3, 0.4) is 0 Å². The normalized spacial score (nSPS) is 11.6. The number of nitrogens with zero attached hydrogens (tertiary/aromatic N) is 2. The van der Waals surface area contributed by atoms with Crippen molar-refractivity contribution in [3.63, 3.8) is 0 Å². The third-order valence-corrected chi connectivity index (χ3v) is 4.90. The molecular formula is C12H14BrN3O2S. The number of nitrogens with one attached hydrogen (secondary N) is 1. The molecule has 1 aromatic heterocycles. The molecule has 0 aliphatic heterocycles. The van der Waals surface area contributed by atoms with Crippen molar-refractivity contribution >= 4 is 31.8 Å². The van der Waals surface area contributed by atoms with Gasteiger partial charge in [0, 0.05) is 17.6 Å². The Morgan fingerprint density at radius 3 is 2.47 bits per heavy atom. The molecule has 102 valence electrons. The fraction of sp³-hybridized carbons (Fsp3) is 0.250. The van der Waals surface area contributed by atoms with Gasteiger partial charge in [0.05, 0.1) is 10.6 Å². The van der Waals surface area contributed by atoms with E-state index in [2.05, 4.69) is 25.8 Å². The summed E-state index contributed by atoms with van der Waals surface area (Å²) < 4.78 is 29.3. The van der Waals surface area contributed by atoms with E-state index in [9.17, 15) is 8.42 Å². The summed E-state index contributed by atoms with van der Waals surface area (Å²) in [5, 5.41) is 4.10. The van der Waals surface area contributed by atoms with Gasteiger partial charge >= 0.3 is 0 Å². The van der Waals surface area contributed by atoms with Crippen molar-refractivity contribution in [3.05, 3.63) is 40.0 Å². The summed E-state index contributed by atoms with van der Waals surface area (Å²) in [6, 6.07) is 6.60. The molecule has 0 bridgehead atoms. The van der Waals surface area contributed by atoms with Crippen molar-refractivity contribution in [1.82, 2.24) is 9.78 Å². The predicted molar refractivity (Wildman–Crippen MR) is 77.6 cm³/mol. The fourth-order valence-electron chi connectivity index (χ4n) is 1.64. The van der Waals surface area contributed by atoms with Gasteiger partial charge in [-0.2, -0.15) is 5.10 Å². The van der Waals surface area contributed by atoms with Gasteiger partial charge in [-0.25, -0.2) is 8.42 Å². The smallest absolute Gasteiger partial charge is 0.263 e. The highest BCUT2D eigenvalue weighted by Crippen LogP contribution is 2.22. The Bertz CT molecular complexity index is 723. The van der Waals surface area contributed by atoms with Crippen molar-refractivity contribution in [2.24, 2.45) is 7.05 Å². The molecule has 5 nitrogen and oxygen atoms in total. The van der Waals surface area contributed by atoms with Gasteiger partial charge in [-0.05, 0) is 31.5 Å². The van der Waals surface area contributed by atoms with Gasteiger partial charge in [-0.15, -0.1) is 0 Å². The molecule has 0 radical (unpaired) electrons. The molecule has 1 N–H and O–H groups in total. The van der Waals surface area contributed by atoms with Gasteiger partial charge in [-0.1, -0.05) is 22.0 Å². The number of aryl methyl sites for hydroxylation is 3. The number of benzene rings is 1. The van der Waals surface area contributed by atoms with E-state index in [0.29, 0.717) is 5.82 Å². The van der Waals surface area contributed by atoms with Crippen LogP contribution >= 0.6 is 15.9 Å². The molecule has 0 unspecified atom stereocenters. The van der Waals surface area contributed by atoms with Crippen LogP contribution in [0.4, 0.5) is 5.82 Å². The zero-order chi connectivity index (χ0) is 14.2. The second-order valence-electron chi connectivity index (χ2n) is 4.31. The van der Waals surface area contributed by atoms with Crippen molar-refractivity contribution in [2.75, 3.05) is 4.72 Å². The number of hydrogen-bond acceptors (Lipinski definition) is 3. The topological polar surface area (TPSA) is 64.0 Å². The van der Waals surface area contributed by atoms with E-state index in [1.165, 1.54) is 4.68 Å². The molecule has 0 saturated carbocycles. The third-order valence-electron chi connectivity index (χ3n) is 2.69. The summed E-state index contributed by atoms with van der Waals surface area (Å²) in [5.41, 5.74) is 1.74. The van der Waals surface area contributed by atoms with Crippen LogP contribution in [0.5, 0.6) is 0 Å². The van der Waals surface area contributed by atoms with Crippen molar-refractivity contribution in [2.45, 2.75) is 18.7 Å². The lowest BCUT2D eigenvalue weighted by Gasteiger charge is -2.09. The van der Waals surface area contributed by atoms with Crippen LogP contribution in [0.15, 0.2) is 33.6 Å². The highest BCUT2D eigenvalue weighted by molar-refractivity contribution is 9.10. The first-order valence-corrected chi connectivity index (χ1v) is 7.87. The summed E-state index contributed by atoms with van der Waals surface area (Å²) in [6.45, 7) is 3.71. The van der Waals surface area contributed by atoms with Crippen LogP contribution in [-0.2, 0) is 17.1 Å². The van der Waals surface area contributed by atoms with Crippen LogP contribution in [-0.4, -0.2) is 18.2 Å². The first kappa shape index (κ1) is 14.1. The standard InChI is InChI=1S/C12H14BrN3O2S/c1-8-4-5-10(7-11(8)13)19(17,18)15-12-6-9(2)14-16(12)3/h4-7,15H,1-3H3. The summed E-state index contributed by atoms with van der Waals surface area (Å²) >= 11 is 3.33. The monoisotopic (exact) mass is 343 g/mol. The molecule has 1 heterocycles. The molecule has 19 heavy (non-hydrogen) atoms. The Morgan fingerprint density at radius 1 is 1.26 bits per heavy atom. The van der Waals surface area contributed by atoms with Crippen LogP contribution in [0.25, 0.3) is 0 Å².